The van der Waals surface area contributed by atoms with Gasteiger partial charge in [0.2, 0.25) is 0 Å². The summed E-state index contributed by atoms with van der Waals surface area (Å²) in [5.74, 6) is 0. The number of hydrogen-bond acceptors (Lipinski definition) is 2. The van der Waals surface area contributed by atoms with E-state index in [2.05, 4.69) is 21.3 Å². The van der Waals surface area contributed by atoms with Crippen molar-refractivity contribution in [1.29, 1.82) is 0 Å². The van der Waals surface area contributed by atoms with Crippen LogP contribution in [0.2, 0.25) is 0 Å². The Bertz CT molecular complexity index is 230. The molecular weight excluding hydrogens is 150 g/mol. The molecule has 1 aliphatic rings. The molecule has 1 aromatic heterocycles. The largest absolute Gasteiger partial charge is 0.315 e. The fourth-order valence-electron chi connectivity index (χ4n) is 2.07. The van der Waals surface area contributed by atoms with Gasteiger partial charge in [-0.1, -0.05) is 0 Å². The van der Waals surface area contributed by atoms with Crippen molar-refractivity contribution in [3.8, 4) is 0 Å². The fourth-order valence-corrected chi connectivity index (χ4v) is 2.07. The molecule has 3 nitrogen and oxygen atoms in total. The smallest absolute Gasteiger partial charge is 0.0672 e. The Labute approximate surface area is 72.8 Å². The maximum atomic E-state index is 4.27. The minimum absolute atomic E-state index is 0.574. The quantitative estimate of drug-likeness (QED) is 0.713. The van der Waals surface area contributed by atoms with E-state index < -0.39 is 0 Å². The minimum atomic E-state index is 0.574. The molecule has 2 atom stereocenters. The van der Waals surface area contributed by atoms with Crippen LogP contribution >= 0.6 is 0 Å². The van der Waals surface area contributed by atoms with Gasteiger partial charge >= 0.3 is 0 Å². The predicted molar refractivity (Wildman–Crippen MR) is 48.0 cm³/mol. The van der Waals surface area contributed by atoms with Crippen LogP contribution in [0, 0.1) is 0 Å². The van der Waals surface area contributed by atoms with Crippen molar-refractivity contribution >= 4 is 0 Å². The minimum Gasteiger partial charge on any atom is -0.315 e. The average molecular weight is 165 g/mol. The second-order valence-corrected chi connectivity index (χ2v) is 3.38. The second-order valence-electron chi connectivity index (χ2n) is 3.38. The van der Waals surface area contributed by atoms with E-state index in [1.165, 1.54) is 19.3 Å². The van der Waals surface area contributed by atoms with Gasteiger partial charge in [0.25, 0.3) is 0 Å². The highest BCUT2D eigenvalue weighted by Crippen LogP contribution is 2.28. The van der Waals surface area contributed by atoms with Gasteiger partial charge in [-0.2, -0.15) is 5.10 Å². The number of aromatic nitrogens is 2. The van der Waals surface area contributed by atoms with Gasteiger partial charge in [-0.15, -0.1) is 0 Å². The topological polar surface area (TPSA) is 29.9 Å². The van der Waals surface area contributed by atoms with Gasteiger partial charge in [0, 0.05) is 18.4 Å². The summed E-state index contributed by atoms with van der Waals surface area (Å²) in [6, 6.07) is 3.18. The zero-order chi connectivity index (χ0) is 8.39. The number of nitrogens with zero attached hydrogens (tertiary/aromatic N) is 2. The van der Waals surface area contributed by atoms with E-state index in [-0.39, 0.29) is 0 Å². The van der Waals surface area contributed by atoms with E-state index in [9.17, 15) is 0 Å². The Morgan fingerprint density at radius 1 is 1.50 bits per heavy atom. The molecule has 0 spiro atoms. The molecule has 0 bridgehead atoms. The molecule has 2 unspecified atom stereocenters. The summed E-state index contributed by atoms with van der Waals surface area (Å²) in [5.41, 5.74) is 0. The van der Waals surface area contributed by atoms with E-state index in [1.807, 2.05) is 19.3 Å². The van der Waals surface area contributed by atoms with Gasteiger partial charge in [0.05, 0.1) is 6.04 Å². The second kappa shape index (κ2) is 3.27. The standard InChI is InChI=1S/C9H15N3/c1-10-8-4-2-5-9(8)12-7-3-6-11-12/h3,6-10H,2,4-5H2,1H3. The summed E-state index contributed by atoms with van der Waals surface area (Å²) in [6.45, 7) is 0. The lowest BCUT2D eigenvalue weighted by molar-refractivity contribution is 0.383. The first-order valence-electron chi connectivity index (χ1n) is 4.58. The third-order valence-electron chi connectivity index (χ3n) is 2.71. The van der Waals surface area contributed by atoms with Crippen LogP contribution in [0.4, 0.5) is 0 Å². The lowest BCUT2D eigenvalue weighted by Gasteiger charge is -2.18. The molecule has 1 heterocycles. The van der Waals surface area contributed by atoms with Crippen LogP contribution in [0.3, 0.4) is 0 Å². The molecule has 1 aromatic rings. The molecule has 0 aliphatic heterocycles. The van der Waals surface area contributed by atoms with E-state index >= 15 is 0 Å². The molecule has 2 rings (SSSR count). The molecule has 66 valence electrons. The maximum Gasteiger partial charge on any atom is 0.0672 e. The summed E-state index contributed by atoms with van der Waals surface area (Å²) in [4.78, 5) is 0. The summed E-state index contributed by atoms with van der Waals surface area (Å²) >= 11 is 0. The molecule has 1 saturated carbocycles. The predicted octanol–water partition coefficient (Wildman–Crippen LogP) is 1.20. The van der Waals surface area contributed by atoms with Crippen molar-refractivity contribution in [2.24, 2.45) is 0 Å². The Morgan fingerprint density at radius 2 is 2.42 bits per heavy atom. The van der Waals surface area contributed by atoms with Gasteiger partial charge in [-0.3, -0.25) is 4.68 Å². The average Bonchev–Trinajstić information content (AvgIpc) is 2.74. The van der Waals surface area contributed by atoms with Crippen LogP contribution in [-0.2, 0) is 0 Å². The first-order valence-corrected chi connectivity index (χ1v) is 4.58. The molecule has 1 aliphatic carbocycles. The summed E-state index contributed by atoms with van der Waals surface area (Å²) in [7, 11) is 2.03. The van der Waals surface area contributed by atoms with Crippen molar-refractivity contribution in [3.05, 3.63) is 18.5 Å². The zero-order valence-electron chi connectivity index (χ0n) is 7.40. The first-order chi connectivity index (χ1) is 5.92. The number of rotatable bonds is 2. The van der Waals surface area contributed by atoms with Crippen LogP contribution in [-0.4, -0.2) is 22.9 Å². The summed E-state index contributed by atoms with van der Waals surface area (Å²) < 4.78 is 2.08. The third kappa shape index (κ3) is 1.25. The van der Waals surface area contributed by atoms with Crippen LogP contribution in [0.1, 0.15) is 25.3 Å². The van der Waals surface area contributed by atoms with Crippen molar-refractivity contribution < 1.29 is 0 Å². The molecule has 0 radical (unpaired) electrons. The molecule has 0 amide bonds. The van der Waals surface area contributed by atoms with E-state index in [0.29, 0.717) is 12.1 Å². The Morgan fingerprint density at radius 3 is 3.08 bits per heavy atom. The van der Waals surface area contributed by atoms with Crippen molar-refractivity contribution in [1.82, 2.24) is 15.1 Å². The number of likely N-dealkylation sites (N-methyl/N-ethyl adjacent to an activating group) is 1. The van der Waals surface area contributed by atoms with Gasteiger partial charge in [0.15, 0.2) is 0 Å². The molecule has 3 heteroatoms. The molecule has 12 heavy (non-hydrogen) atoms. The van der Waals surface area contributed by atoms with Crippen molar-refractivity contribution in [2.75, 3.05) is 7.05 Å². The highest BCUT2D eigenvalue weighted by molar-refractivity contribution is 4.90. The SMILES string of the molecule is CNC1CCCC1n1cccn1. The molecular formula is C9H15N3. The molecule has 0 saturated heterocycles. The lowest BCUT2D eigenvalue weighted by Crippen LogP contribution is -2.31. The van der Waals surface area contributed by atoms with Gasteiger partial charge in [0.1, 0.15) is 0 Å². The number of hydrogen-bond donors (Lipinski definition) is 1. The Hall–Kier alpha value is -0.830. The van der Waals surface area contributed by atoms with Gasteiger partial charge in [-0.05, 0) is 32.4 Å². The summed E-state index contributed by atoms with van der Waals surface area (Å²) in [5, 5.41) is 7.61. The van der Waals surface area contributed by atoms with Crippen LogP contribution in [0.5, 0.6) is 0 Å². The highest BCUT2D eigenvalue weighted by atomic mass is 15.3. The van der Waals surface area contributed by atoms with Crippen LogP contribution in [0.15, 0.2) is 18.5 Å². The summed E-state index contributed by atoms with van der Waals surface area (Å²) in [6.07, 6.45) is 7.76. The number of nitrogens with one attached hydrogen (secondary N) is 1. The lowest BCUT2D eigenvalue weighted by atomic mass is 10.2. The zero-order valence-corrected chi connectivity index (χ0v) is 7.40. The Balaban J connectivity index is 2.13. The maximum absolute atomic E-state index is 4.27. The monoisotopic (exact) mass is 165 g/mol. The highest BCUT2D eigenvalue weighted by Gasteiger charge is 2.27. The van der Waals surface area contributed by atoms with E-state index in [1.54, 1.807) is 0 Å². The molecule has 1 N–H and O–H groups in total. The van der Waals surface area contributed by atoms with E-state index in [0.717, 1.165) is 0 Å². The van der Waals surface area contributed by atoms with E-state index in [4.69, 9.17) is 0 Å². The third-order valence-corrected chi connectivity index (χ3v) is 2.71. The van der Waals surface area contributed by atoms with Crippen molar-refractivity contribution in [2.45, 2.75) is 31.3 Å². The van der Waals surface area contributed by atoms with Gasteiger partial charge < -0.3 is 5.32 Å². The first kappa shape index (κ1) is 7.80. The van der Waals surface area contributed by atoms with Crippen LogP contribution in [0.25, 0.3) is 0 Å². The van der Waals surface area contributed by atoms with Gasteiger partial charge in [-0.25, -0.2) is 0 Å². The molecule has 0 aromatic carbocycles. The van der Waals surface area contributed by atoms with Crippen molar-refractivity contribution in [3.63, 3.8) is 0 Å². The Kier molecular flexibility index (Phi) is 2.13. The molecule has 1 fully saturated rings. The van der Waals surface area contributed by atoms with Crippen LogP contribution < -0.4 is 5.32 Å². The normalized spacial score (nSPS) is 29.4. The fraction of sp³-hybridized carbons (Fsp3) is 0.667.